The third kappa shape index (κ3) is 2.68. The fourth-order valence-electron chi connectivity index (χ4n) is 1.96. The molecule has 0 amide bonds. The van der Waals surface area contributed by atoms with Gasteiger partial charge in [-0.1, -0.05) is 0 Å². The number of aliphatic hydroxyl groups is 1. The van der Waals surface area contributed by atoms with E-state index in [0.29, 0.717) is 13.0 Å². The molecule has 0 aromatic rings. The van der Waals surface area contributed by atoms with Crippen molar-refractivity contribution in [1.29, 1.82) is 0 Å². The Hall–Kier alpha value is -0.130. The molecule has 5 heteroatoms. The molecule has 0 bridgehead atoms. The Labute approximate surface area is 86.0 Å². The van der Waals surface area contributed by atoms with Crippen LogP contribution in [0.15, 0.2) is 0 Å². The zero-order chi connectivity index (χ0) is 10.6. The fourth-order valence-corrected chi connectivity index (χ4v) is 3.36. The lowest BCUT2D eigenvalue weighted by Crippen LogP contribution is -2.36. The molecule has 0 aromatic heterocycles. The third-order valence-corrected chi connectivity index (χ3v) is 4.67. The molecule has 1 unspecified atom stereocenters. The van der Waals surface area contributed by atoms with E-state index in [0.717, 1.165) is 19.3 Å². The molecule has 1 aliphatic rings. The molecule has 1 rings (SSSR count). The van der Waals surface area contributed by atoms with Crippen molar-refractivity contribution in [3.8, 4) is 0 Å². The van der Waals surface area contributed by atoms with Crippen LogP contribution < -0.4 is 0 Å². The van der Waals surface area contributed by atoms with E-state index in [9.17, 15) is 8.42 Å². The van der Waals surface area contributed by atoms with Crippen LogP contribution in [0.5, 0.6) is 0 Å². The maximum Gasteiger partial charge on any atom is 0.214 e. The van der Waals surface area contributed by atoms with E-state index in [-0.39, 0.29) is 18.4 Å². The molecular weight excluding hydrogens is 202 g/mol. The zero-order valence-electron chi connectivity index (χ0n) is 8.65. The van der Waals surface area contributed by atoms with Gasteiger partial charge in [-0.25, -0.2) is 8.42 Å². The van der Waals surface area contributed by atoms with Crippen molar-refractivity contribution in [2.75, 3.05) is 18.9 Å². The molecule has 0 spiro atoms. The minimum Gasteiger partial charge on any atom is -0.396 e. The Bertz CT molecular complexity index is 263. The van der Waals surface area contributed by atoms with Crippen LogP contribution in [0.25, 0.3) is 0 Å². The van der Waals surface area contributed by atoms with Gasteiger partial charge in [-0.3, -0.25) is 0 Å². The van der Waals surface area contributed by atoms with Gasteiger partial charge in [0.2, 0.25) is 10.0 Å². The number of rotatable bonds is 5. The van der Waals surface area contributed by atoms with Crippen molar-refractivity contribution in [2.45, 2.75) is 38.6 Å². The average molecular weight is 221 g/mol. The van der Waals surface area contributed by atoms with Crippen LogP contribution in [0.1, 0.15) is 32.6 Å². The highest BCUT2D eigenvalue weighted by Crippen LogP contribution is 2.24. The standard InChI is InChI=1S/C9H19NO3S/c1-2-14(12,13)10-7-3-5-9(10)6-4-8-11/h9,11H,2-8H2,1H3. The first-order valence-electron chi connectivity index (χ1n) is 5.22. The highest BCUT2D eigenvalue weighted by Gasteiger charge is 2.32. The third-order valence-electron chi connectivity index (χ3n) is 2.74. The molecule has 0 aromatic carbocycles. The van der Waals surface area contributed by atoms with Crippen molar-refractivity contribution >= 4 is 10.0 Å². The van der Waals surface area contributed by atoms with Crippen LogP contribution in [-0.2, 0) is 10.0 Å². The number of hydrogen-bond acceptors (Lipinski definition) is 3. The molecule has 0 aliphatic carbocycles. The SMILES string of the molecule is CCS(=O)(=O)N1CCCC1CCCO. The Kier molecular flexibility index (Phi) is 4.34. The molecule has 1 heterocycles. The average Bonchev–Trinajstić information content (AvgIpc) is 2.63. The number of nitrogens with zero attached hydrogens (tertiary/aromatic N) is 1. The largest absolute Gasteiger partial charge is 0.396 e. The van der Waals surface area contributed by atoms with E-state index >= 15 is 0 Å². The summed E-state index contributed by atoms with van der Waals surface area (Å²) in [6, 6.07) is 0.132. The lowest BCUT2D eigenvalue weighted by molar-refractivity contribution is 0.264. The molecule has 4 nitrogen and oxygen atoms in total. The molecule has 1 saturated heterocycles. The molecule has 14 heavy (non-hydrogen) atoms. The lowest BCUT2D eigenvalue weighted by atomic mass is 10.1. The number of sulfonamides is 1. The van der Waals surface area contributed by atoms with Crippen LogP contribution in [-0.4, -0.2) is 42.8 Å². The van der Waals surface area contributed by atoms with Crippen molar-refractivity contribution in [3.05, 3.63) is 0 Å². The second-order valence-electron chi connectivity index (χ2n) is 3.67. The van der Waals surface area contributed by atoms with E-state index in [2.05, 4.69) is 0 Å². The van der Waals surface area contributed by atoms with E-state index in [4.69, 9.17) is 5.11 Å². The van der Waals surface area contributed by atoms with E-state index in [1.165, 1.54) is 0 Å². The molecular formula is C9H19NO3S. The van der Waals surface area contributed by atoms with Crippen molar-refractivity contribution in [2.24, 2.45) is 0 Å². The molecule has 1 aliphatic heterocycles. The van der Waals surface area contributed by atoms with Crippen LogP contribution in [0.2, 0.25) is 0 Å². The first kappa shape index (κ1) is 11.9. The summed E-state index contributed by atoms with van der Waals surface area (Å²) < 4.78 is 24.9. The van der Waals surface area contributed by atoms with Gasteiger partial charge in [-0.2, -0.15) is 4.31 Å². The van der Waals surface area contributed by atoms with Crippen molar-refractivity contribution in [3.63, 3.8) is 0 Å². The zero-order valence-corrected chi connectivity index (χ0v) is 9.46. The summed E-state index contributed by atoms with van der Waals surface area (Å²) in [5.74, 6) is 0.183. The van der Waals surface area contributed by atoms with E-state index in [1.54, 1.807) is 11.2 Å². The Balaban J connectivity index is 2.59. The molecule has 1 atom stereocenters. The van der Waals surface area contributed by atoms with Gasteiger partial charge in [-0.05, 0) is 32.6 Å². The molecule has 1 N–H and O–H groups in total. The first-order valence-corrected chi connectivity index (χ1v) is 6.83. The summed E-state index contributed by atoms with van der Waals surface area (Å²) in [7, 11) is -3.03. The van der Waals surface area contributed by atoms with Gasteiger partial charge in [0.25, 0.3) is 0 Å². The highest BCUT2D eigenvalue weighted by atomic mass is 32.2. The summed E-state index contributed by atoms with van der Waals surface area (Å²) >= 11 is 0. The van der Waals surface area contributed by atoms with Gasteiger partial charge in [0.15, 0.2) is 0 Å². The Morgan fingerprint density at radius 1 is 1.50 bits per heavy atom. The normalized spacial score (nSPS) is 24.3. The second-order valence-corrected chi connectivity index (χ2v) is 5.88. The highest BCUT2D eigenvalue weighted by molar-refractivity contribution is 7.89. The topological polar surface area (TPSA) is 57.6 Å². The van der Waals surface area contributed by atoms with Crippen molar-refractivity contribution in [1.82, 2.24) is 4.31 Å². The summed E-state index contributed by atoms with van der Waals surface area (Å²) in [6.45, 7) is 2.49. The summed E-state index contributed by atoms with van der Waals surface area (Å²) in [6.07, 6.45) is 3.38. The van der Waals surface area contributed by atoms with Gasteiger partial charge < -0.3 is 5.11 Å². The van der Waals surface area contributed by atoms with Gasteiger partial charge in [-0.15, -0.1) is 0 Å². The quantitative estimate of drug-likeness (QED) is 0.738. The van der Waals surface area contributed by atoms with Crippen LogP contribution in [0.4, 0.5) is 0 Å². The molecule has 0 saturated carbocycles. The van der Waals surface area contributed by atoms with Gasteiger partial charge in [0.05, 0.1) is 5.75 Å². The van der Waals surface area contributed by atoms with Crippen LogP contribution in [0.3, 0.4) is 0 Å². The van der Waals surface area contributed by atoms with Crippen molar-refractivity contribution < 1.29 is 13.5 Å². The summed E-state index contributed by atoms with van der Waals surface area (Å²) in [5.41, 5.74) is 0. The maximum absolute atomic E-state index is 11.6. The van der Waals surface area contributed by atoms with Crippen LogP contribution in [0, 0.1) is 0 Å². The fraction of sp³-hybridized carbons (Fsp3) is 1.00. The molecule has 84 valence electrons. The van der Waals surface area contributed by atoms with Gasteiger partial charge >= 0.3 is 0 Å². The van der Waals surface area contributed by atoms with Gasteiger partial charge in [0, 0.05) is 19.2 Å². The van der Waals surface area contributed by atoms with E-state index in [1.807, 2.05) is 0 Å². The molecule has 1 fully saturated rings. The van der Waals surface area contributed by atoms with Gasteiger partial charge in [0.1, 0.15) is 0 Å². The minimum atomic E-state index is -3.03. The maximum atomic E-state index is 11.6. The molecule has 0 radical (unpaired) electrons. The first-order chi connectivity index (χ1) is 6.61. The lowest BCUT2D eigenvalue weighted by Gasteiger charge is -2.23. The van der Waals surface area contributed by atoms with E-state index < -0.39 is 10.0 Å². The number of hydrogen-bond donors (Lipinski definition) is 1. The summed E-state index contributed by atoms with van der Waals surface area (Å²) in [5, 5.41) is 8.70. The minimum absolute atomic E-state index is 0.132. The Morgan fingerprint density at radius 2 is 2.21 bits per heavy atom. The number of aliphatic hydroxyl groups excluding tert-OH is 1. The van der Waals surface area contributed by atoms with Crippen LogP contribution >= 0.6 is 0 Å². The monoisotopic (exact) mass is 221 g/mol. The predicted octanol–water partition coefficient (Wildman–Crippen LogP) is 0.573. The second kappa shape index (κ2) is 5.09. The predicted molar refractivity (Wildman–Crippen MR) is 55.5 cm³/mol. The summed E-state index contributed by atoms with van der Waals surface area (Å²) in [4.78, 5) is 0. The smallest absolute Gasteiger partial charge is 0.214 e. The Morgan fingerprint density at radius 3 is 2.79 bits per heavy atom.